The molecule has 0 spiro atoms. The minimum Gasteiger partial charge on any atom is -0.361 e. The van der Waals surface area contributed by atoms with E-state index in [1.165, 1.54) is 0 Å². The summed E-state index contributed by atoms with van der Waals surface area (Å²) in [5.74, 6) is -0.102. The average Bonchev–Trinajstić information content (AvgIpc) is 3.39. The lowest BCUT2D eigenvalue weighted by Crippen LogP contribution is -2.26. The Kier molecular flexibility index (Phi) is 3.98. The number of nitrogens with zero attached hydrogens (tertiary/aromatic N) is 3. The third-order valence-electron chi connectivity index (χ3n) is 5.11. The smallest absolute Gasteiger partial charge is 0.274 e. The molecule has 2 aromatic carbocycles. The maximum Gasteiger partial charge on any atom is 0.274 e. The van der Waals surface area contributed by atoms with E-state index in [-0.39, 0.29) is 11.9 Å². The number of H-pyrrole nitrogens is 1. The van der Waals surface area contributed by atoms with E-state index in [2.05, 4.69) is 16.0 Å². The van der Waals surface area contributed by atoms with Crippen molar-refractivity contribution in [2.75, 3.05) is 0 Å². The standard InChI is InChI=1S/C23H18N4O/c28-23(16-7-2-1-3-8-16)27-22(13-21(26-27)17-9-6-12-24-14-17)19-15-25-20-11-5-4-10-18(19)20/h1-12,14-15,22,25H,13H2. The van der Waals surface area contributed by atoms with Crippen molar-refractivity contribution in [3.63, 3.8) is 0 Å². The highest BCUT2D eigenvalue weighted by Gasteiger charge is 2.35. The van der Waals surface area contributed by atoms with Gasteiger partial charge in [0.1, 0.15) is 0 Å². The van der Waals surface area contributed by atoms with Crippen molar-refractivity contribution in [2.45, 2.75) is 12.5 Å². The number of hydrogen-bond acceptors (Lipinski definition) is 3. The zero-order valence-electron chi connectivity index (χ0n) is 15.1. The van der Waals surface area contributed by atoms with Gasteiger partial charge in [-0.1, -0.05) is 42.5 Å². The topological polar surface area (TPSA) is 61.4 Å². The van der Waals surface area contributed by atoms with E-state index in [1.807, 2.05) is 66.9 Å². The molecule has 5 rings (SSSR count). The average molecular weight is 366 g/mol. The Morgan fingerprint density at radius 2 is 1.82 bits per heavy atom. The van der Waals surface area contributed by atoms with E-state index in [4.69, 9.17) is 5.10 Å². The van der Waals surface area contributed by atoms with Crippen LogP contribution in [0, 0.1) is 0 Å². The van der Waals surface area contributed by atoms with Crippen LogP contribution in [0.25, 0.3) is 10.9 Å². The van der Waals surface area contributed by atoms with Gasteiger partial charge in [0.15, 0.2) is 0 Å². The summed E-state index contributed by atoms with van der Waals surface area (Å²) in [6, 6.07) is 21.1. The summed E-state index contributed by atoms with van der Waals surface area (Å²) in [6.45, 7) is 0. The van der Waals surface area contributed by atoms with Gasteiger partial charge < -0.3 is 4.98 Å². The van der Waals surface area contributed by atoms with E-state index in [1.54, 1.807) is 17.4 Å². The molecule has 4 aromatic rings. The van der Waals surface area contributed by atoms with E-state index in [0.29, 0.717) is 12.0 Å². The van der Waals surface area contributed by atoms with Crippen molar-refractivity contribution in [3.05, 3.63) is 102 Å². The first-order valence-corrected chi connectivity index (χ1v) is 9.24. The summed E-state index contributed by atoms with van der Waals surface area (Å²) >= 11 is 0. The number of nitrogens with one attached hydrogen (secondary N) is 1. The number of rotatable bonds is 3. The van der Waals surface area contributed by atoms with E-state index in [9.17, 15) is 4.79 Å². The SMILES string of the molecule is O=C(c1ccccc1)N1N=C(c2cccnc2)CC1c1c[nH]c2ccccc12. The molecule has 1 aliphatic rings. The molecule has 0 saturated carbocycles. The second kappa shape index (κ2) is 6.78. The number of aromatic amines is 1. The van der Waals surface area contributed by atoms with Crippen molar-refractivity contribution in [1.29, 1.82) is 0 Å². The highest BCUT2D eigenvalue weighted by molar-refractivity contribution is 6.05. The largest absolute Gasteiger partial charge is 0.361 e. The minimum absolute atomic E-state index is 0.102. The second-order valence-electron chi connectivity index (χ2n) is 6.81. The molecule has 0 bridgehead atoms. The summed E-state index contributed by atoms with van der Waals surface area (Å²) in [5, 5.41) is 7.46. The Labute approximate surface area is 162 Å². The summed E-state index contributed by atoms with van der Waals surface area (Å²) in [6.07, 6.45) is 6.17. The van der Waals surface area contributed by atoms with Crippen molar-refractivity contribution >= 4 is 22.5 Å². The highest BCUT2D eigenvalue weighted by atomic mass is 16.2. The summed E-state index contributed by atoms with van der Waals surface area (Å²) in [4.78, 5) is 20.8. The second-order valence-corrected chi connectivity index (χ2v) is 6.81. The molecule has 136 valence electrons. The molecule has 1 amide bonds. The van der Waals surface area contributed by atoms with Gasteiger partial charge in [0.2, 0.25) is 0 Å². The quantitative estimate of drug-likeness (QED) is 0.578. The first kappa shape index (κ1) is 16.4. The van der Waals surface area contributed by atoms with Crippen LogP contribution in [0.4, 0.5) is 0 Å². The first-order chi connectivity index (χ1) is 13.8. The Morgan fingerprint density at radius 1 is 1.00 bits per heavy atom. The van der Waals surface area contributed by atoms with Gasteiger partial charge in [0.25, 0.3) is 5.91 Å². The Balaban J connectivity index is 1.60. The lowest BCUT2D eigenvalue weighted by atomic mass is 9.98. The number of benzene rings is 2. The number of amides is 1. The number of para-hydroxylation sites is 1. The normalized spacial score (nSPS) is 16.4. The van der Waals surface area contributed by atoms with E-state index in [0.717, 1.165) is 27.7 Å². The van der Waals surface area contributed by atoms with Crippen molar-refractivity contribution < 1.29 is 4.79 Å². The molecule has 2 aromatic heterocycles. The maximum absolute atomic E-state index is 13.3. The predicted octanol–water partition coefficient (Wildman–Crippen LogP) is 4.55. The lowest BCUT2D eigenvalue weighted by Gasteiger charge is -2.21. The predicted molar refractivity (Wildman–Crippen MR) is 109 cm³/mol. The zero-order chi connectivity index (χ0) is 18.9. The fraction of sp³-hybridized carbons (Fsp3) is 0.0870. The van der Waals surface area contributed by atoms with Crippen molar-refractivity contribution in [1.82, 2.24) is 15.0 Å². The zero-order valence-corrected chi connectivity index (χ0v) is 15.1. The summed E-state index contributed by atoms with van der Waals surface area (Å²) < 4.78 is 0. The molecule has 0 radical (unpaired) electrons. The van der Waals surface area contributed by atoms with Crippen LogP contribution in [0.1, 0.15) is 33.9 Å². The third kappa shape index (κ3) is 2.77. The third-order valence-corrected chi connectivity index (χ3v) is 5.11. The monoisotopic (exact) mass is 366 g/mol. The van der Waals surface area contributed by atoms with Crippen LogP contribution in [0.2, 0.25) is 0 Å². The molecule has 0 fully saturated rings. The van der Waals surface area contributed by atoms with Crippen LogP contribution in [0.3, 0.4) is 0 Å². The van der Waals surface area contributed by atoms with Crippen LogP contribution in [0.15, 0.2) is 90.4 Å². The fourth-order valence-corrected chi connectivity index (χ4v) is 3.73. The van der Waals surface area contributed by atoms with Crippen LogP contribution < -0.4 is 0 Å². The molecule has 0 aliphatic carbocycles. The van der Waals surface area contributed by atoms with Gasteiger partial charge in [0.05, 0.1) is 11.8 Å². The number of aromatic nitrogens is 2. The fourth-order valence-electron chi connectivity index (χ4n) is 3.73. The van der Waals surface area contributed by atoms with E-state index < -0.39 is 0 Å². The van der Waals surface area contributed by atoms with E-state index >= 15 is 0 Å². The van der Waals surface area contributed by atoms with Crippen LogP contribution >= 0.6 is 0 Å². The summed E-state index contributed by atoms with van der Waals surface area (Å²) in [5.41, 5.74) is 4.56. The van der Waals surface area contributed by atoms with Gasteiger partial charge in [-0.15, -0.1) is 0 Å². The van der Waals surface area contributed by atoms with Crippen LogP contribution in [-0.4, -0.2) is 26.6 Å². The number of carbonyl (C=O) groups is 1. The maximum atomic E-state index is 13.3. The molecule has 1 unspecified atom stereocenters. The number of hydrogen-bond donors (Lipinski definition) is 1. The van der Waals surface area contributed by atoms with Gasteiger partial charge in [-0.25, -0.2) is 5.01 Å². The Morgan fingerprint density at radius 3 is 2.64 bits per heavy atom. The van der Waals surface area contributed by atoms with Gasteiger partial charge >= 0.3 is 0 Å². The van der Waals surface area contributed by atoms with Gasteiger partial charge in [0, 0.05) is 52.6 Å². The van der Waals surface area contributed by atoms with Crippen LogP contribution in [-0.2, 0) is 0 Å². The summed E-state index contributed by atoms with van der Waals surface area (Å²) in [7, 11) is 0. The molecule has 3 heterocycles. The first-order valence-electron chi connectivity index (χ1n) is 9.24. The van der Waals surface area contributed by atoms with Gasteiger partial charge in [-0.3, -0.25) is 9.78 Å². The van der Waals surface area contributed by atoms with Crippen LogP contribution in [0.5, 0.6) is 0 Å². The van der Waals surface area contributed by atoms with Crippen molar-refractivity contribution in [3.8, 4) is 0 Å². The number of pyridine rings is 1. The number of carbonyl (C=O) groups excluding carboxylic acids is 1. The molecule has 1 N–H and O–H groups in total. The molecule has 1 atom stereocenters. The minimum atomic E-state index is -0.168. The van der Waals surface area contributed by atoms with Gasteiger partial charge in [-0.2, -0.15) is 5.10 Å². The number of fused-ring (bicyclic) bond motifs is 1. The molecular formula is C23H18N4O. The highest BCUT2D eigenvalue weighted by Crippen LogP contribution is 2.37. The Bertz CT molecular complexity index is 1160. The van der Waals surface area contributed by atoms with Crippen molar-refractivity contribution in [2.24, 2.45) is 5.10 Å². The molecular weight excluding hydrogens is 348 g/mol. The molecule has 5 heteroatoms. The molecule has 28 heavy (non-hydrogen) atoms. The number of hydrazone groups is 1. The van der Waals surface area contributed by atoms with Gasteiger partial charge in [-0.05, 0) is 24.3 Å². The molecule has 5 nitrogen and oxygen atoms in total. The lowest BCUT2D eigenvalue weighted by molar-refractivity contribution is 0.0712. The molecule has 1 aliphatic heterocycles. The molecule has 0 saturated heterocycles. The Hall–Kier alpha value is -3.73.